The highest BCUT2D eigenvalue weighted by Crippen LogP contribution is 2.40. The Balaban J connectivity index is 1.64. The molecule has 0 radical (unpaired) electrons. The van der Waals surface area contributed by atoms with Gasteiger partial charge in [0.25, 0.3) is 0 Å². The lowest BCUT2D eigenvalue weighted by Gasteiger charge is -2.33. The highest BCUT2D eigenvalue weighted by atomic mass is 16.3. The zero-order valence-corrected chi connectivity index (χ0v) is 32.1. The van der Waals surface area contributed by atoms with Crippen molar-refractivity contribution in [2.24, 2.45) is 10.8 Å². The molecular formula is C45H60O4. The van der Waals surface area contributed by atoms with E-state index < -0.39 is 0 Å². The fourth-order valence-electron chi connectivity index (χ4n) is 8.14. The third-order valence-electron chi connectivity index (χ3n) is 9.71. The van der Waals surface area contributed by atoms with Gasteiger partial charge in [-0.15, -0.1) is 0 Å². The van der Waals surface area contributed by atoms with E-state index in [0.29, 0.717) is 19.3 Å². The quantitative estimate of drug-likeness (QED) is 0.136. The Hall–Kier alpha value is -3.92. The number of aryl methyl sites for hydroxylation is 2. The molecule has 0 aliphatic carbocycles. The van der Waals surface area contributed by atoms with Crippen LogP contribution >= 0.6 is 0 Å². The van der Waals surface area contributed by atoms with Gasteiger partial charge in [-0.25, -0.2) is 0 Å². The number of rotatable bonds is 10. The lowest BCUT2D eigenvalue weighted by Crippen LogP contribution is -2.25. The fraction of sp³-hybridized carbons (Fsp3) is 0.467. The molecule has 0 aliphatic rings. The molecule has 0 heterocycles. The summed E-state index contributed by atoms with van der Waals surface area (Å²) in [6.07, 6.45) is 3.42. The number of phenolic OH excluding ortho intramolecular Hbond substituents is 4. The second kappa shape index (κ2) is 13.8. The first-order chi connectivity index (χ1) is 22.4. The van der Waals surface area contributed by atoms with E-state index in [-0.39, 0.29) is 44.7 Å². The molecule has 0 amide bonds. The zero-order valence-electron chi connectivity index (χ0n) is 32.1. The van der Waals surface area contributed by atoms with Crippen LogP contribution in [0.25, 0.3) is 0 Å². The van der Waals surface area contributed by atoms with Gasteiger partial charge >= 0.3 is 0 Å². The Morgan fingerprint density at radius 2 is 0.776 bits per heavy atom. The van der Waals surface area contributed by atoms with Crippen LogP contribution in [0, 0.1) is 24.7 Å². The molecule has 4 nitrogen and oxygen atoms in total. The fourth-order valence-corrected chi connectivity index (χ4v) is 8.14. The standard InChI is InChI=1S/C45H60O4/c1-28-17-30(20-34(40(28)48)22-32-24-36(13-15-38(32)46)44(9,10)26-42(3,4)5)19-31-18-29(2)41(49)35(21-31)23-33-25-37(14-16-39(33)47)45(11,12)27-43(6,7)8/h13-18,20-21,24-25,46-49H,19,22-23,26-27H2,1-12H3. The smallest absolute Gasteiger partial charge is 0.122 e. The summed E-state index contributed by atoms with van der Waals surface area (Å²) in [5.41, 5.74) is 9.28. The molecule has 4 rings (SSSR count). The number of hydrogen-bond donors (Lipinski definition) is 4. The molecule has 0 saturated heterocycles. The molecule has 264 valence electrons. The molecule has 0 aromatic heterocycles. The van der Waals surface area contributed by atoms with E-state index in [1.54, 1.807) is 12.1 Å². The van der Waals surface area contributed by atoms with Gasteiger partial charge in [0.05, 0.1) is 0 Å². The van der Waals surface area contributed by atoms with Gasteiger partial charge < -0.3 is 20.4 Å². The minimum atomic E-state index is -0.0737. The minimum Gasteiger partial charge on any atom is -0.508 e. The number of phenols is 4. The molecule has 0 bridgehead atoms. The van der Waals surface area contributed by atoms with Crippen molar-refractivity contribution in [2.75, 3.05) is 0 Å². The first-order valence-corrected chi connectivity index (χ1v) is 17.7. The Morgan fingerprint density at radius 1 is 0.429 bits per heavy atom. The van der Waals surface area contributed by atoms with Crippen molar-refractivity contribution in [3.63, 3.8) is 0 Å². The summed E-state index contributed by atoms with van der Waals surface area (Å²) in [6.45, 7) is 26.3. The summed E-state index contributed by atoms with van der Waals surface area (Å²) in [5.74, 6) is 0.945. The molecule has 0 spiro atoms. The molecule has 49 heavy (non-hydrogen) atoms. The second-order valence-electron chi connectivity index (χ2n) is 18.3. The maximum Gasteiger partial charge on any atom is 0.122 e. The molecule has 0 atom stereocenters. The van der Waals surface area contributed by atoms with Gasteiger partial charge in [-0.2, -0.15) is 0 Å². The lowest BCUT2D eigenvalue weighted by atomic mass is 9.72. The summed E-state index contributed by atoms with van der Waals surface area (Å²) in [7, 11) is 0. The third kappa shape index (κ3) is 9.62. The second-order valence-corrected chi connectivity index (χ2v) is 18.3. The van der Waals surface area contributed by atoms with Crippen molar-refractivity contribution in [3.05, 3.63) is 116 Å². The summed E-state index contributed by atoms with van der Waals surface area (Å²) in [4.78, 5) is 0. The molecule has 0 unspecified atom stereocenters. The average molecular weight is 665 g/mol. The van der Waals surface area contributed by atoms with Crippen LogP contribution in [0.2, 0.25) is 0 Å². The van der Waals surface area contributed by atoms with Crippen LogP contribution in [0.4, 0.5) is 0 Å². The van der Waals surface area contributed by atoms with Gasteiger partial charge in [0.2, 0.25) is 0 Å². The van der Waals surface area contributed by atoms with Gasteiger partial charge in [0.1, 0.15) is 23.0 Å². The van der Waals surface area contributed by atoms with Gasteiger partial charge in [-0.3, -0.25) is 0 Å². The van der Waals surface area contributed by atoms with Crippen LogP contribution < -0.4 is 0 Å². The maximum atomic E-state index is 11.1. The van der Waals surface area contributed by atoms with E-state index >= 15 is 0 Å². The first-order valence-electron chi connectivity index (χ1n) is 17.7. The zero-order chi connectivity index (χ0) is 36.7. The summed E-state index contributed by atoms with van der Waals surface area (Å²) in [6, 6.07) is 19.8. The first kappa shape index (κ1) is 37.9. The highest BCUT2D eigenvalue weighted by Gasteiger charge is 2.29. The monoisotopic (exact) mass is 664 g/mol. The van der Waals surface area contributed by atoms with Crippen molar-refractivity contribution < 1.29 is 20.4 Å². The van der Waals surface area contributed by atoms with Gasteiger partial charge in [0, 0.05) is 12.8 Å². The highest BCUT2D eigenvalue weighted by molar-refractivity contribution is 5.52. The number of hydrogen-bond acceptors (Lipinski definition) is 4. The molecule has 0 saturated carbocycles. The molecule has 4 heteroatoms. The molecule has 4 N–H and O–H groups in total. The maximum absolute atomic E-state index is 11.1. The Morgan fingerprint density at radius 3 is 1.10 bits per heavy atom. The van der Waals surface area contributed by atoms with Crippen LogP contribution in [-0.4, -0.2) is 20.4 Å². The molecule has 4 aromatic rings. The minimum absolute atomic E-state index is 0.0737. The lowest BCUT2D eigenvalue weighted by molar-refractivity contribution is 0.283. The van der Waals surface area contributed by atoms with E-state index in [1.807, 2.05) is 50.2 Å². The van der Waals surface area contributed by atoms with E-state index in [1.165, 1.54) is 11.1 Å². The van der Waals surface area contributed by atoms with Crippen molar-refractivity contribution in [1.82, 2.24) is 0 Å². The summed E-state index contributed by atoms with van der Waals surface area (Å²) in [5, 5.41) is 44.0. The van der Waals surface area contributed by atoms with E-state index in [2.05, 4.69) is 81.4 Å². The van der Waals surface area contributed by atoms with E-state index in [4.69, 9.17) is 0 Å². The molecule has 0 aliphatic heterocycles. The number of aromatic hydroxyl groups is 4. The Bertz CT molecular complexity index is 1680. The van der Waals surface area contributed by atoms with Gasteiger partial charge in [-0.1, -0.05) is 118 Å². The van der Waals surface area contributed by atoms with E-state index in [9.17, 15) is 20.4 Å². The molecule has 0 fully saturated rings. The van der Waals surface area contributed by atoms with Crippen LogP contribution in [0.5, 0.6) is 23.0 Å². The molecule has 4 aromatic carbocycles. The van der Waals surface area contributed by atoms with Gasteiger partial charge in [0.15, 0.2) is 0 Å². The SMILES string of the molecule is Cc1cc(Cc2cc(C)c(O)c(Cc3cc(C(C)(C)CC(C)(C)C)ccc3O)c2)cc(Cc2cc(C(C)(C)CC(C)(C)C)ccc2O)c1O. The third-order valence-corrected chi connectivity index (χ3v) is 9.71. The Labute approximate surface area is 295 Å². The predicted octanol–water partition coefficient (Wildman–Crippen LogP) is 11.3. The van der Waals surface area contributed by atoms with Crippen LogP contribution in [-0.2, 0) is 30.1 Å². The predicted molar refractivity (Wildman–Crippen MR) is 205 cm³/mol. The largest absolute Gasteiger partial charge is 0.508 e. The normalized spacial score (nSPS) is 12.8. The van der Waals surface area contributed by atoms with Gasteiger partial charge in [-0.05, 0) is 123 Å². The molecular weight excluding hydrogens is 604 g/mol. The summed E-state index contributed by atoms with van der Waals surface area (Å²) >= 11 is 0. The van der Waals surface area contributed by atoms with Crippen molar-refractivity contribution >= 4 is 0 Å². The van der Waals surface area contributed by atoms with Crippen LogP contribution in [0.1, 0.15) is 138 Å². The van der Waals surface area contributed by atoms with Crippen molar-refractivity contribution in [3.8, 4) is 23.0 Å². The summed E-state index contributed by atoms with van der Waals surface area (Å²) < 4.78 is 0. The van der Waals surface area contributed by atoms with Crippen LogP contribution in [0.3, 0.4) is 0 Å². The number of benzene rings is 4. The van der Waals surface area contributed by atoms with Crippen molar-refractivity contribution in [2.45, 2.75) is 126 Å². The van der Waals surface area contributed by atoms with Crippen molar-refractivity contribution in [1.29, 1.82) is 0 Å². The topological polar surface area (TPSA) is 80.9 Å². The van der Waals surface area contributed by atoms with Crippen LogP contribution in [0.15, 0.2) is 60.7 Å². The van der Waals surface area contributed by atoms with E-state index in [0.717, 1.165) is 57.3 Å². The average Bonchev–Trinajstić information content (AvgIpc) is 2.93. The Kier molecular flexibility index (Phi) is 10.6.